The topological polar surface area (TPSA) is 47.6 Å². The second-order valence-corrected chi connectivity index (χ2v) is 6.03. The number of nitrogens with one attached hydrogen (secondary N) is 1. The zero-order valence-corrected chi connectivity index (χ0v) is 11.6. The molecule has 100 valence electrons. The molecular formula is C13H19NO3S. The van der Waals surface area contributed by atoms with Crippen LogP contribution in [0.4, 0.5) is 5.69 Å². The number of methoxy groups -OCH3 is 2. The first-order chi connectivity index (χ1) is 8.72. The van der Waals surface area contributed by atoms with Gasteiger partial charge in [-0.25, -0.2) is 0 Å². The molecule has 0 saturated carbocycles. The zero-order valence-electron chi connectivity index (χ0n) is 10.8. The average Bonchev–Trinajstić information content (AvgIpc) is 2.41. The number of hydrogen-bond donors (Lipinski definition) is 1. The van der Waals surface area contributed by atoms with E-state index in [2.05, 4.69) is 5.32 Å². The standard InChI is InChI=1S/C13H19NO3S/c1-16-11-3-4-13(17-2)12(9-11)14-10-5-7-18(15)8-6-10/h3-4,9-10,14H,5-8H2,1-2H3. The van der Waals surface area contributed by atoms with Crippen molar-refractivity contribution >= 4 is 16.5 Å². The highest BCUT2D eigenvalue weighted by atomic mass is 32.2. The van der Waals surface area contributed by atoms with Crippen LogP contribution in [0.3, 0.4) is 0 Å². The SMILES string of the molecule is COc1ccc(OC)c(NC2CCS(=O)CC2)c1. The lowest BCUT2D eigenvalue weighted by atomic mass is 10.1. The molecule has 0 bridgehead atoms. The average molecular weight is 269 g/mol. The van der Waals surface area contributed by atoms with Crippen molar-refractivity contribution in [3.05, 3.63) is 18.2 Å². The molecule has 1 aliphatic rings. The summed E-state index contributed by atoms with van der Waals surface area (Å²) in [6, 6.07) is 6.07. The Morgan fingerprint density at radius 2 is 1.94 bits per heavy atom. The van der Waals surface area contributed by atoms with E-state index < -0.39 is 10.8 Å². The molecule has 1 N–H and O–H groups in total. The predicted molar refractivity (Wildman–Crippen MR) is 74.1 cm³/mol. The molecule has 0 atom stereocenters. The van der Waals surface area contributed by atoms with Crippen LogP contribution in [-0.2, 0) is 10.8 Å². The van der Waals surface area contributed by atoms with Crippen LogP contribution >= 0.6 is 0 Å². The van der Waals surface area contributed by atoms with Crippen LogP contribution in [0.5, 0.6) is 11.5 Å². The summed E-state index contributed by atoms with van der Waals surface area (Å²) < 4.78 is 21.9. The molecule has 1 aliphatic heterocycles. The van der Waals surface area contributed by atoms with Gasteiger partial charge in [0.25, 0.3) is 0 Å². The summed E-state index contributed by atoms with van der Waals surface area (Å²) in [5.74, 6) is 3.17. The maximum absolute atomic E-state index is 11.3. The largest absolute Gasteiger partial charge is 0.497 e. The molecule has 0 aromatic heterocycles. The zero-order chi connectivity index (χ0) is 13.0. The predicted octanol–water partition coefficient (Wildman–Crippen LogP) is 2.03. The van der Waals surface area contributed by atoms with Crippen LogP contribution < -0.4 is 14.8 Å². The maximum Gasteiger partial charge on any atom is 0.142 e. The Kier molecular flexibility index (Phi) is 4.47. The molecule has 1 aromatic carbocycles. The van der Waals surface area contributed by atoms with E-state index in [-0.39, 0.29) is 0 Å². The first kappa shape index (κ1) is 13.2. The Hall–Kier alpha value is -1.23. The van der Waals surface area contributed by atoms with Crippen molar-refractivity contribution < 1.29 is 13.7 Å². The number of rotatable bonds is 4. The Labute approximate surface area is 110 Å². The number of hydrogen-bond acceptors (Lipinski definition) is 4. The number of benzene rings is 1. The quantitative estimate of drug-likeness (QED) is 0.908. The summed E-state index contributed by atoms with van der Waals surface area (Å²) in [5.41, 5.74) is 0.939. The number of ether oxygens (including phenoxy) is 2. The summed E-state index contributed by atoms with van der Waals surface area (Å²) in [7, 11) is 2.68. The van der Waals surface area contributed by atoms with Crippen LogP contribution in [0.25, 0.3) is 0 Å². The molecule has 2 rings (SSSR count). The van der Waals surface area contributed by atoms with Gasteiger partial charge in [0.2, 0.25) is 0 Å². The minimum atomic E-state index is -0.628. The third-order valence-corrected chi connectivity index (χ3v) is 4.54. The van der Waals surface area contributed by atoms with Crippen molar-refractivity contribution in [3.63, 3.8) is 0 Å². The minimum Gasteiger partial charge on any atom is -0.497 e. The van der Waals surface area contributed by atoms with Crippen LogP contribution in [0.15, 0.2) is 18.2 Å². The summed E-state index contributed by atoms with van der Waals surface area (Å²) in [4.78, 5) is 0. The molecule has 18 heavy (non-hydrogen) atoms. The van der Waals surface area contributed by atoms with Gasteiger partial charge in [0, 0.05) is 34.4 Å². The number of anilines is 1. The smallest absolute Gasteiger partial charge is 0.142 e. The van der Waals surface area contributed by atoms with Crippen molar-refractivity contribution in [1.82, 2.24) is 0 Å². The van der Waals surface area contributed by atoms with Crippen molar-refractivity contribution in [2.75, 3.05) is 31.0 Å². The van der Waals surface area contributed by atoms with E-state index in [1.165, 1.54) is 0 Å². The van der Waals surface area contributed by atoms with Crippen LogP contribution in [0.1, 0.15) is 12.8 Å². The van der Waals surface area contributed by atoms with Crippen molar-refractivity contribution in [2.24, 2.45) is 0 Å². The molecule has 1 heterocycles. The van der Waals surface area contributed by atoms with Crippen LogP contribution in [-0.4, -0.2) is 36.0 Å². The van der Waals surface area contributed by atoms with Gasteiger partial charge in [0.1, 0.15) is 11.5 Å². The first-order valence-corrected chi connectivity index (χ1v) is 7.55. The van der Waals surface area contributed by atoms with Gasteiger partial charge in [-0.2, -0.15) is 0 Å². The van der Waals surface area contributed by atoms with E-state index in [1.807, 2.05) is 18.2 Å². The molecule has 1 saturated heterocycles. The van der Waals surface area contributed by atoms with E-state index in [0.717, 1.165) is 41.5 Å². The Morgan fingerprint density at radius 1 is 1.22 bits per heavy atom. The van der Waals surface area contributed by atoms with Gasteiger partial charge in [-0.3, -0.25) is 4.21 Å². The molecule has 4 nitrogen and oxygen atoms in total. The van der Waals surface area contributed by atoms with E-state index in [0.29, 0.717) is 6.04 Å². The van der Waals surface area contributed by atoms with Gasteiger partial charge in [-0.05, 0) is 25.0 Å². The van der Waals surface area contributed by atoms with Crippen LogP contribution in [0, 0.1) is 0 Å². The van der Waals surface area contributed by atoms with Crippen molar-refractivity contribution in [2.45, 2.75) is 18.9 Å². The van der Waals surface area contributed by atoms with Gasteiger partial charge < -0.3 is 14.8 Å². The molecule has 1 fully saturated rings. The maximum atomic E-state index is 11.3. The van der Waals surface area contributed by atoms with E-state index in [9.17, 15) is 4.21 Å². The molecule has 5 heteroatoms. The van der Waals surface area contributed by atoms with E-state index in [1.54, 1.807) is 14.2 Å². The van der Waals surface area contributed by atoms with E-state index in [4.69, 9.17) is 9.47 Å². The lowest BCUT2D eigenvalue weighted by Gasteiger charge is -2.24. The minimum absolute atomic E-state index is 0.365. The third kappa shape index (κ3) is 3.16. The van der Waals surface area contributed by atoms with Crippen molar-refractivity contribution in [1.29, 1.82) is 0 Å². The molecular weight excluding hydrogens is 250 g/mol. The van der Waals surface area contributed by atoms with Gasteiger partial charge in [0.05, 0.1) is 19.9 Å². The lowest BCUT2D eigenvalue weighted by molar-refractivity contribution is 0.404. The second kappa shape index (κ2) is 6.09. The van der Waals surface area contributed by atoms with Gasteiger partial charge in [0.15, 0.2) is 0 Å². The molecule has 0 aliphatic carbocycles. The Morgan fingerprint density at radius 3 is 2.56 bits per heavy atom. The Balaban J connectivity index is 2.09. The summed E-state index contributed by atoms with van der Waals surface area (Å²) in [5, 5.41) is 3.46. The van der Waals surface area contributed by atoms with Gasteiger partial charge >= 0.3 is 0 Å². The lowest BCUT2D eigenvalue weighted by Crippen LogP contribution is -2.29. The third-order valence-electron chi connectivity index (χ3n) is 3.15. The van der Waals surface area contributed by atoms with E-state index >= 15 is 0 Å². The van der Waals surface area contributed by atoms with Gasteiger partial charge in [-0.15, -0.1) is 0 Å². The summed E-state index contributed by atoms with van der Waals surface area (Å²) in [6.45, 7) is 0. The summed E-state index contributed by atoms with van der Waals surface area (Å²) in [6.07, 6.45) is 1.87. The van der Waals surface area contributed by atoms with Gasteiger partial charge in [-0.1, -0.05) is 0 Å². The van der Waals surface area contributed by atoms with Crippen molar-refractivity contribution in [3.8, 4) is 11.5 Å². The first-order valence-electron chi connectivity index (χ1n) is 6.06. The van der Waals surface area contributed by atoms with Crippen LogP contribution in [0.2, 0.25) is 0 Å². The fraction of sp³-hybridized carbons (Fsp3) is 0.538. The Bertz CT molecular complexity index is 426. The molecule has 0 amide bonds. The molecule has 0 spiro atoms. The monoisotopic (exact) mass is 269 g/mol. The fourth-order valence-electron chi connectivity index (χ4n) is 2.08. The molecule has 0 radical (unpaired) electrons. The molecule has 0 unspecified atom stereocenters. The fourth-order valence-corrected chi connectivity index (χ4v) is 3.38. The highest BCUT2D eigenvalue weighted by Crippen LogP contribution is 2.30. The second-order valence-electron chi connectivity index (χ2n) is 4.33. The normalized spacial score (nSPS) is 23.4. The summed E-state index contributed by atoms with van der Waals surface area (Å²) >= 11 is 0. The molecule has 1 aromatic rings. The highest BCUT2D eigenvalue weighted by Gasteiger charge is 2.18. The highest BCUT2D eigenvalue weighted by molar-refractivity contribution is 7.85.